The first-order valence-electron chi connectivity index (χ1n) is 5.59. The van der Waals surface area contributed by atoms with Crippen molar-refractivity contribution in [1.82, 2.24) is 20.2 Å². The van der Waals surface area contributed by atoms with Crippen molar-refractivity contribution in [3.63, 3.8) is 0 Å². The summed E-state index contributed by atoms with van der Waals surface area (Å²) in [5, 5.41) is 8.79. The topological polar surface area (TPSA) is 104 Å². The van der Waals surface area contributed by atoms with Gasteiger partial charge < -0.3 is 5.32 Å². The van der Waals surface area contributed by atoms with E-state index in [0.717, 1.165) is 0 Å². The lowest BCUT2D eigenvalue weighted by Gasteiger charge is -2.08. The van der Waals surface area contributed by atoms with E-state index in [1.54, 1.807) is 6.92 Å². The van der Waals surface area contributed by atoms with Crippen molar-refractivity contribution in [2.45, 2.75) is 25.7 Å². The van der Waals surface area contributed by atoms with E-state index in [2.05, 4.69) is 20.2 Å². The van der Waals surface area contributed by atoms with Crippen LogP contribution >= 0.6 is 0 Å². The lowest BCUT2D eigenvalue weighted by Crippen LogP contribution is -2.38. The first-order valence-corrected chi connectivity index (χ1v) is 7.07. The van der Waals surface area contributed by atoms with Crippen LogP contribution < -0.4 is 10.0 Å². The summed E-state index contributed by atoms with van der Waals surface area (Å²) < 4.78 is 25.8. The summed E-state index contributed by atoms with van der Waals surface area (Å²) in [4.78, 5) is 11.4. The van der Waals surface area contributed by atoms with E-state index in [9.17, 15) is 13.2 Å². The van der Waals surface area contributed by atoms with Crippen LogP contribution in [0.5, 0.6) is 0 Å². The van der Waals surface area contributed by atoms with E-state index in [0.29, 0.717) is 18.2 Å². The standard InChI is InChI=1S/C10H18N4O3S/c1-7(2)4-11-10(15)6-13-18(16,17)9-5-12-14-8(9)3/h5,7,13H,4,6H2,1-3H3,(H,11,15)(H,12,14). The maximum atomic E-state index is 11.8. The molecule has 0 aliphatic carbocycles. The molecule has 0 radical (unpaired) electrons. The molecule has 3 N–H and O–H groups in total. The van der Waals surface area contributed by atoms with Gasteiger partial charge in [0, 0.05) is 6.54 Å². The Kier molecular flexibility index (Phi) is 4.85. The van der Waals surface area contributed by atoms with Gasteiger partial charge in [0.15, 0.2) is 0 Å². The van der Waals surface area contributed by atoms with Crippen molar-refractivity contribution in [2.24, 2.45) is 5.92 Å². The molecule has 0 aromatic carbocycles. The quantitative estimate of drug-likeness (QED) is 0.666. The lowest BCUT2D eigenvalue weighted by molar-refractivity contribution is -0.120. The van der Waals surface area contributed by atoms with E-state index >= 15 is 0 Å². The van der Waals surface area contributed by atoms with E-state index in [1.807, 2.05) is 13.8 Å². The second-order valence-corrected chi connectivity index (χ2v) is 6.12. The van der Waals surface area contributed by atoms with Gasteiger partial charge in [-0.2, -0.15) is 5.10 Å². The Morgan fingerprint density at radius 3 is 2.67 bits per heavy atom. The fourth-order valence-corrected chi connectivity index (χ4v) is 2.35. The highest BCUT2D eigenvalue weighted by atomic mass is 32.2. The molecule has 18 heavy (non-hydrogen) atoms. The highest BCUT2D eigenvalue weighted by Crippen LogP contribution is 2.09. The van der Waals surface area contributed by atoms with Crippen LogP contribution in [0.4, 0.5) is 0 Å². The van der Waals surface area contributed by atoms with Gasteiger partial charge in [-0.3, -0.25) is 9.89 Å². The largest absolute Gasteiger partial charge is 0.355 e. The summed E-state index contributed by atoms with van der Waals surface area (Å²) in [5.74, 6) is -0.0323. The third-order valence-corrected chi connectivity index (χ3v) is 3.72. The number of H-pyrrole nitrogens is 1. The predicted octanol–water partition coefficient (Wildman–Crippen LogP) is -0.231. The number of carbonyl (C=O) groups excluding carboxylic acids is 1. The van der Waals surface area contributed by atoms with Gasteiger partial charge in [0.2, 0.25) is 15.9 Å². The molecule has 0 saturated carbocycles. The van der Waals surface area contributed by atoms with Crippen LogP contribution in [0, 0.1) is 12.8 Å². The maximum absolute atomic E-state index is 11.8. The third kappa shape index (κ3) is 4.11. The number of amides is 1. The van der Waals surface area contributed by atoms with Gasteiger partial charge >= 0.3 is 0 Å². The number of aromatic amines is 1. The van der Waals surface area contributed by atoms with Crippen molar-refractivity contribution >= 4 is 15.9 Å². The first kappa shape index (κ1) is 14.7. The lowest BCUT2D eigenvalue weighted by atomic mass is 10.2. The minimum atomic E-state index is -3.69. The van der Waals surface area contributed by atoms with Crippen LogP contribution in [0.25, 0.3) is 0 Å². The van der Waals surface area contributed by atoms with E-state index < -0.39 is 10.0 Å². The predicted molar refractivity (Wildman–Crippen MR) is 66.4 cm³/mol. The van der Waals surface area contributed by atoms with Crippen LogP contribution in [0.1, 0.15) is 19.5 Å². The monoisotopic (exact) mass is 274 g/mol. The Balaban J connectivity index is 2.53. The molecule has 0 fully saturated rings. The fraction of sp³-hybridized carbons (Fsp3) is 0.600. The first-order chi connectivity index (χ1) is 8.33. The number of nitrogens with zero attached hydrogens (tertiary/aromatic N) is 1. The smallest absolute Gasteiger partial charge is 0.244 e. The SMILES string of the molecule is Cc1[nH]ncc1S(=O)(=O)NCC(=O)NCC(C)C. The summed E-state index contributed by atoms with van der Waals surface area (Å²) in [6, 6.07) is 0. The molecule has 0 aliphatic heterocycles. The van der Waals surface area contributed by atoms with Gasteiger partial charge in [0.1, 0.15) is 4.90 Å². The van der Waals surface area contributed by atoms with Gasteiger partial charge in [-0.1, -0.05) is 13.8 Å². The number of nitrogens with one attached hydrogen (secondary N) is 3. The van der Waals surface area contributed by atoms with Crippen molar-refractivity contribution in [1.29, 1.82) is 0 Å². The molecule has 1 rings (SSSR count). The van der Waals surface area contributed by atoms with Crippen LogP contribution in [-0.2, 0) is 14.8 Å². The van der Waals surface area contributed by atoms with Gasteiger partial charge in [-0.05, 0) is 12.8 Å². The number of hydrogen-bond donors (Lipinski definition) is 3. The van der Waals surface area contributed by atoms with Crippen LogP contribution in [0.3, 0.4) is 0 Å². The molecule has 102 valence electrons. The molecular weight excluding hydrogens is 256 g/mol. The van der Waals surface area contributed by atoms with Crippen LogP contribution in [0.15, 0.2) is 11.1 Å². The third-order valence-electron chi connectivity index (χ3n) is 2.20. The zero-order chi connectivity index (χ0) is 13.8. The Hall–Kier alpha value is -1.41. The maximum Gasteiger partial charge on any atom is 0.244 e. The Morgan fingerprint density at radius 2 is 2.17 bits per heavy atom. The minimum Gasteiger partial charge on any atom is -0.355 e. The molecule has 0 unspecified atom stereocenters. The van der Waals surface area contributed by atoms with E-state index in [1.165, 1.54) is 6.20 Å². The summed E-state index contributed by atoms with van der Waals surface area (Å²) in [6.45, 7) is 5.75. The van der Waals surface area contributed by atoms with E-state index in [4.69, 9.17) is 0 Å². The highest BCUT2D eigenvalue weighted by Gasteiger charge is 2.19. The zero-order valence-corrected chi connectivity index (χ0v) is 11.5. The van der Waals surface area contributed by atoms with Crippen molar-refractivity contribution in [3.8, 4) is 0 Å². The zero-order valence-electron chi connectivity index (χ0n) is 10.6. The molecule has 1 aromatic rings. The molecule has 0 bridgehead atoms. The molecule has 0 aliphatic rings. The van der Waals surface area contributed by atoms with Gasteiger partial charge in [-0.25, -0.2) is 13.1 Å². The number of aryl methyl sites for hydroxylation is 1. The summed E-state index contributed by atoms with van der Waals surface area (Å²) in [6.07, 6.45) is 1.21. The molecule has 7 nitrogen and oxygen atoms in total. The Bertz CT molecular complexity index is 507. The molecule has 1 aromatic heterocycles. The molecule has 1 heterocycles. The molecule has 0 saturated heterocycles. The second kappa shape index (κ2) is 5.96. The number of carbonyl (C=O) groups is 1. The molecular formula is C10H18N4O3S. The molecule has 8 heteroatoms. The van der Waals surface area contributed by atoms with Gasteiger partial charge in [0.05, 0.1) is 18.4 Å². The number of rotatable bonds is 6. The van der Waals surface area contributed by atoms with Crippen molar-refractivity contribution < 1.29 is 13.2 Å². The Morgan fingerprint density at radius 1 is 1.50 bits per heavy atom. The highest BCUT2D eigenvalue weighted by molar-refractivity contribution is 7.89. The van der Waals surface area contributed by atoms with Crippen molar-refractivity contribution in [3.05, 3.63) is 11.9 Å². The summed E-state index contributed by atoms with van der Waals surface area (Å²) in [5.41, 5.74) is 0.435. The number of aromatic nitrogens is 2. The van der Waals surface area contributed by atoms with E-state index in [-0.39, 0.29) is 17.3 Å². The average Bonchev–Trinajstić information content (AvgIpc) is 2.71. The molecule has 1 amide bonds. The fourth-order valence-electron chi connectivity index (χ4n) is 1.23. The van der Waals surface area contributed by atoms with Gasteiger partial charge in [0.25, 0.3) is 0 Å². The minimum absolute atomic E-state index is 0.0548. The average molecular weight is 274 g/mol. The Labute approximate surface area is 106 Å². The second-order valence-electron chi connectivity index (χ2n) is 4.38. The summed E-state index contributed by atoms with van der Waals surface area (Å²) in [7, 11) is -3.69. The van der Waals surface area contributed by atoms with Crippen LogP contribution in [-0.4, -0.2) is 37.6 Å². The van der Waals surface area contributed by atoms with Crippen molar-refractivity contribution in [2.75, 3.05) is 13.1 Å². The molecule has 0 spiro atoms. The number of sulfonamides is 1. The normalized spacial score (nSPS) is 11.8. The summed E-state index contributed by atoms with van der Waals surface area (Å²) >= 11 is 0. The number of hydrogen-bond acceptors (Lipinski definition) is 4. The molecule has 0 atom stereocenters. The van der Waals surface area contributed by atoms with Gasteiger partial charge in [-0.15, -0.1) is 0 Å². The van der Waals surface area contributed by atoms with Crippen LogP contribution in [0.2, 0.25) is 0 Å².